The van der Waals surface area contributed by atoms with Crippen LogP contribution in [-0.2, 0) is 11.3 Å². The molecule has 0 saturated carbocycles. The smallest absolute Gasteiger partial charge is 0.240 e. The van der Waals surface area contributed by atoms with Crippen LogP contribution in [0.1, 0.15) is 19.5 Å². The number of nitrogens with zero attached hydrogens (tertiary/aromatic N) is 2. The normalized spacial score (nSPS) is 19.4. The molecule has 0 unspecified atom stereocenters. The zero-order valence-electron chi connectivity index (χ0n) is 10.7. The maximum atomic E-state index is 11.8. The van der Waals surface area contributed by atoms with E-state index >= 15 is 0 Å². The Kier molecular flexibility index (Phi) is 3.49. The van der Waals surface area contributed by atoms with E-state index in [0.29, 0.717) is 13.1 Å². The fourth-order valence-corrected chi connectivity index (χ4v) is 2.07. The minimum absolute atomic E-state index is 0.0573. The summed E-state index contributed by atoms with van der Waals surface area (Å²) in [5.74, 6) is 5.43. The summed E-state index contributed by atoms with van der Waals surface area (Å²) in [6, 6.07) is 3.69. The van der Waals surface area contributed by atoms with Gasteiger partial charge in [-0.15, -0.1) is 0 Å². The van der Waals surface area contributed by atoms with Crippen molar-refractivity contribution < 1.29 is 4.79 Å². The third kappa shape index (κ3) is 2.44. The molecule has 0 atom stereocenters. The number of hydrogen-bond donors (Lipinski definition) is 3. The van der Waals surface area contributed by atoms with Gasteiger partial charge in [-0.3, -0.25) is 20.5 Å². The highest BCUT2D eigenvalue weighted by Crippen LogP contribution is 2.20. The Labute approximate surface area is 107 Å². The summed E-state index contributed by atoms with van der Waals surface area (Å²) in [6.45, 7) is 5.98. The van der Waals surface area contributed by atoms with Gasteiger partial charge >= 0.3 is 0 Å². The van der Waals surface area contributed by atoms with Crippen molar-refractivity contribution in [3.05, 3.63) is 24.0 Å². The van der Waals surface area contributed by atoms with Crippen molar-refractivity contribution in [2.45, 2.75) is 25.9 Å². The molecule has 0 aliphatic carbocycles. The quantitative estimate of drug-likeness (QED) is 0.522. The number of anilines is 1. The SMILES string of the molecule is CC1(C)C(=O)NCCN1Cc1cc(NN)ccn1. The minimum Gasteiger partial charge on any atom is -0.353 e. The van der Waals surface area contributed by atoms with Crippen molar-refractivity contribution in [2.75, 3.05) is 18.5 Å². The molecule has 6 nitrogen and oxygen atoms in total. The molecule has 18 heavy (non-hydrogen) atoms. The number of pyridine rings is 1. The van der Waals surface area contributed by atoms with E-state index in [1.54, 1.807) is 12.3 Å². The highest BCUT2D eigenvalue weighted by atomic mass is 16.2. The molecule has 1 saturated heterocycles. The van der Waals surface area contributed by atoms with Crippen molar-refractivity contribution in [3.63, 3.8) is 0 Å². The number of nitrogen functional groups attached to an aromatic ring is 1. The highest BCUT2D eigenvalue weighted by molar-refractivity contribution is 5.86. The first kappa shape index (κ1) is 12.8. The van der Waals surface area contributed by atoms with Gasteiger partial charge in [0.1, 0.15) is 0 Å². The maximum Gasteiger partial charge on any atom is 0.240 e. The van der Waals surface area contributed by atoms with Gasteiger partial charge in [-0.2, -0.15) is 0 Å². The molecule has 1 aliphatic rings. The van der Waals surface area contributed by atoms with Crippen LogP contribution in [0.15, 0.2) is 18.3 Å². The first-order valence-corrected chi connectivity index (χ1v) is 5.99. The lowest BCUT2D eigenvalue weighted by Gasteiger charge is -2.40. The zero-order valence-corrected chi connectivity index (χ0v) is 10.7. The molecule has 0 spiro atoms. The molecule has 2 rings (SSSR count). The van der Waals surface area contributed by atoms with E-state index in [2.05, 4.69) is 20.6 Å². The predicted octanol–water partition coefficient (Wildman–Crippen LogP) is 0.0776. The Bertz CT molecular complexity index is 446. The summed E-state index contributed by atoms with van der Waals surface area (Å²) in [5.41, 5.74) is 3.80. The number of amides is 1. The lowest BCUT2D eigenvalue weighted by molar-refractivity contribution is -0.135. The summed E-state index contributed by atoms with van der Waals surface area (Å²) in [4.78, 5) is 18.3. The second kappa shape index (κ2) is 4.91. The molecular formula is C12H19N5O. The van der Waals surface area contributed by atoms with Crippen LogP contribution in [-0.4, -0.2) is 34.4 Å². The van der Waals surface area contributed by atoms with E-state index < -0.39 is 5.54 Å². The van der Waals surface area contributed by atoms with Gasteiger partial charge in [-0.05, 0) is 26.0 Å². The number of piperazine rings is 1. The molecule has 0 bridgehead atoms. The van der Waals surface area contributed by atoms with E-state index in [0.717, 1.165) is 17.9 Å². The van der Waals surface area contributed by atoms with Crippen LogP contribution in [0.25, 0.3) is 0 Å². The number of carbonyl (C=O) groups is 1. The van der Waals surface area contributed by atoms with Crippen LogP contribution in [0.4, 0.5) is 5.69 Å². The summed E-state index contributed by atoms with van der Waals surface area (Å²) in [6.07, 6.45) is 1.71. The maximum absolute atomic E-state index is 11.8. The molecule has 0 radical (unpaired) electrons. The predicted molar refractivity (Wildman–Crippen MR) is 69.5 cm³/mol. The largest absolute Gasteiger partial charge is 0.353 e. The molecule has 6 heteroatoms. The van der Waals surface area contributed by atoms with Crippen LogP contribution in [0, 0.1) is 0 Å². The number of carbonyl (C=O) groups excluding carboxylic acids is 1. The van der Waals surface area contributed by atoms with Crippen LogP contribution in [0.5, 0.6) is 0 Å². The van der Waals surface area contributed by atoms with E-state index in [1.807, 2.05) is 19.9 Å². The van der Waals surface area contributed by atoms with Gasteiger partial charge in [0, 0.05) is 25.8 Å². The molecule has 0 aromatic carbocycles. The van der Waals surface area contributed by atoms with Gasteiger partial charge < -0.3 is 10.7 Å². The standard InChI is InChI=1S/C12H19N5O/c1-12(2)11(18)15-5-6-17(12)8-10-7-9(16-13)3-4-14-10/h3-4,7H,5-6,8,13H2,1-2H3,(H,14,16)(H,15,18). The van der Waals surface area contributed by atoms with E-state index in [1.165, 1.54) is 0 Å². The molecule has 1 aliphatic heterocycles. The van der Waals surface area contributed by atoms with Crippen LogP contribution in [0.2, 0.25) is 0 Å². The molecule has 1 aromatic rings. The Balaban J connectivity index is 2.14. The van der Waals surface area contributed by atoms with Crippen molar-refractivity contribution in [1.29, 1.82) is 0 Å². The Morgan fingerprint density at radius 2 is 2.39 bits per heavy atom. The third-order valence-electron chi connectivity index (χ3n) is 3.35. The summed E-state index contributed by atoms with van der Waals surface area (Å²) >= 11 is 0. The van der Waals surface area contributed by atoms with Gasteiger partial charge in [-0.25, -0.2) is 0 Å². The monoisotopic (exact) mass is 249 g/mol. The average Bonchev–Trinajstić information content (AvgIpc) is 2.36. The van der Waals surface area contributed by atoms with E-state index in [-0.39, 0.29) is 5.91 Å². The molecular weight excluding hydrogens is 230 g/mol. The molecule has 4 N–H and O–H groups in total. The summed E-state index contributed by atoms with van der Waals surface area (Å²) in [5, 5.41) is 2.88. The van der Waals surface area contributed by atoms with Crippen LogP contribution < -0.4 is 16.6 Å². The Morgan fingerprint density at radius 3 is 3.11 bits per heavy atom. The minimum atomic E-state index is -0.508. The zero-order chi connectivity index (χ0) is 13.2. The topological polar surface area (TPSA) is 83.3 Å². The second-order valence-corrected chi connectivity index (χ2v) is 4.92. The van der Waals surface area contributed by atoms with Crippen molar-refractivity contribution in [2.24, 2.45) is 5.84 Å². The van der Waals surface area contributed by atoms with Gasteiger partial charge in [-0.1, -0.05) is 0 Å². The molecule has 1 amide bonds. The van der Waals surface area contributed by atoms with E-state index in [9.17, 15) is 4.79 Å². The number of hydrogen-bond acceptors (Lipinski definition) is 5. The lowest BCUT2D eigenvalue weighted by Crippen LogP contribution is -2.61. The Morgan fingerprint density at radius 1 is 1.61 bits per heavy atom. The first-order chi connectivity index (χ1) is 8.54. The van der Waals surface area contributed by atoms with Crippen molar-refractivity contribution in [3.8, 4) is 0 Å². The average molecular weight is 249 g/mol. The van der Waals surface area contributed by atoms with Crippen LogP contribution in [0.3, 0.4) is 0 Å². The first-order valence-electron chi connectivity index (χ1n) is 5.99. The molecule has 2 heterocycles. The number of hydrazine groups is 1. The summed E-state index contributed by atoms with van der Waals surface area (Å²) < 4.78 is 0. The molecule has 98 valence electrons. The van der Waals surface area contributed by atoms with Gasteiger partial charge in [0.05, 0.1) is 16.9 Å². The van der Waals surface area contributed by atoms with Gasteiger partial charge in [0.2, 0.25) is 5.91 Å². The lowest BCUT2D eigenvalue weighted by atomic mass is 9.98. The fraction of sp³-hybridized carbons (Fsp3) is 0.500. The van der Waals surface area contributed by atoms with E-state index in [4.69, 9.17) is 5.84 Å². The number of rotatable bonds is 3. The second-order valence-electron chi connectivity index (χ2n) is 4.92. The molecule has 1 fully saturated rings. The number of nitrogens with one attached hydrogen (secondary N) is 2. The molecule has 1 aromatic heterocycles. The van der Waals surface area contributed by atoms with Gasteiger partial charge in [0.15, 0.2) is 0 Å². The summed E-state index contributed by atoms with van der Waals surface area (Å²) in [7, 11) is 0. The number of aromatic nitrogens is 1. The highest BCUT2D eigenvalue weighted by Gasteiger charge is 2.37. The fourth-order valence-electron chi connectivity index (χ4n) is 2.07. The van der Waals surface area contributed by atoms with Crippen LogP contribution >= 0.6 is 0 Å². The number of nitrogens with two attached hydrogens (primary N) is 1. The third-order valence-corrected chi connectivity index (χ3v) is 3.35. The Hall–Kier alpha value is -1.66. The van der Waals surface area contributed by atoms with Crippen molar-refractivity contribution >= 4 is 11.6 Å². The van der Waals surface area contributed by atoms with Gasteiger partial charge in [0.25, 0.3) is 0 Å². The van der Waals surface area contributed by atoms with Crippen molar-refractivity contribution in [1.82, 2.24) is 15.2 Å².